The third-order valence-corrected chi connectivity index (χ3v) is 12.5. The van der Waals surface area contributed by atoms with Crippen LogP contribution in [0.25, 0.3) is 21.6 Å². The first kappa shape index (κ1) is 39.1. The average Bonchev–Trinajstić information content (AvgIpc) is 3.99. The highest BCUT2D eigenvalue weighted by atomic mass is 32.1. The van der Waals surface area contributed by atoms with E-state index in [1.54, 1.807) is 25.6 Å². The number of amides is 2. The van der Waals surface area contributed by atoms with Crippen LogP contribution in [-0.2, 0) is 20.8 Å². The molecule has 304 valence electrons. The van der Waals surface area contributed by atoms with Crippen molar-refractivity contribution in [3.63, 3.8) is 0 Å². The summed E-state index contributed by atoms with van der Waals surface area (Å²) in [7, 11) is 3.30. The molecule has 1 aliphatic carbocycles. The number of pyridine rings is 1. The van der Waals surface area contributed by atoms with E-state index in [1.165, 1.54) is 0 Å². The number of ether oxygens (including phenoxy) is 5. The fraction of sp³-hybridized carbons (Fsp3) is 0.500. The van der Waals surface area contributed by atoms with E-state index in [1.807, 2.05) is 65.3 Å². The van der Waals surface area contributed by atoms with Gasteiger partial charge in [0.1, 0.15) is 51.9 Å². The Morgan fingerprint density at radius 3 is 2.63 bits per heavy atom. The van der Waals surface area contributed by atoms with Crippen LogP contribution in [0.15, 0.2) is 66.1 Å². The van der Waals surface area contributed by atoms with Gasteiger partial charge >= 0.3 is 12.0 Å². The maximum atomic E-state index is 14.9. The van der Waals surface area contributed by atoms with Gasteiger partial charge in [0.05, 0.1) is 44.6 Å². The highest BCUT2D eigenvalue weighted by molar-refractivity contribution is 7.13. The molecule has 4 aliphatic rings. The van der Waals surface area contributed by atoms with E-state index in [-0.39, 0.29) is 37.6 Å². The van der Waals surface area contributed by atoms with E-state index in [4.69, 9.17) is 33.7 Å². The number of fused-ring (bicyclic) bond motifs is 5. The molecule has 2 aromatic carbocycles. The summed E-state index contributed by atoms with van der Waals surface area (Å²) in [6.45, 7) is 7.85. The summed E-state index contributed by atoms with van der Waals surface area (Å²) in [5.41, 5.74) is 2.67. The minimum atomic E-state index is -0.828. The number of aromatic nitrogens is 2. The van der Waals surface area contributed by atoms with Gasteiger partial charge in [0, 0.05) is 49.8 Å². The van der Waals surface area contributed by atoms with Crippen LogP contribution in [0.3, 0.4) is 0 Å². The Kier molecular flexibility index (Phi) is 11.4. The molecule has 4 aromatic rings. The van der Waals surface area contributed by atoms with E-state index in [9.17, 15) is 9.59 Å². The molecular weight excluding hydrogens is 743 g/mol. The van der Waals surface area contributed by atoms with Crippen LogP contribution in [0, 0.1) is 5.92 Å². The lowest BCUT2D eigenvalue weighted by Crippen LogP contribution is -2.50. The number of nitrogens with zero attached hydrogens (tertiary/aromatic N) is 4. The summed E-state index contributed by atoms with van der Waals surface area (Å²) < 4.78 is 29.9. The molecule has 2 saturated heterocycles. The minimum Gasteiger partial charge on any atom is -0.497 e. The van der Waals surface area contributed by atoms with Crippen LogP contribution in [0.2, 0.25) is 0 Å². The van der Waals surface area contributed by atoms with Gasteiger partial charge in [0.2, 0.25) is 0 Å². The monoisotopic (exact) mass is 797 g/mol. The van der Waals surface area contributed by atoms with Crippen LogP contribution in [0.5, 0.6) is 17.2 Å². The number of allylic oxidation sites excluding steroid dienone is 1. The van der Waals surface area contributed by atoms with Crippen molar-refractivity contribution in [1.29, 1.82) is 0 Å². The van der Waals surface area contributed by atoms with Crippen molar-refractivity contribution in [2.75, 3.05) is 33.9 Å². The van der Waals surface area contributed by atoms with Gasteiger partial charge in [-0.05, 0) is 68.4 Å². The van der Waals surface area contributed by atoms with Gasteiger partial charge in [-0.3, -0.25) is 10.1 Å². The number of carbonyl (C=O) groups excluding carboxylic acids is 2. The van der Waals surface area contributed by atoms with Crippen molar-refractivity contribution in [2.24, 2.45) is 5.92 Å². The number of epoxide rings is 1. The normalized spacial score (nSPS) is 26.7. The Morgan fingerprint density at radius 1 is 1.07 bits per heavy atom. The lowest BCUT2D eigenvalue weighted by Gasteiger charge is -2.31. The van der Waals surface area contributed by atoms with E-state index < -0.39 is 11.8 Å². The van der Waals surface area contributed by atoms with Gasteiger partial charge in [-0.1, -0.05) is 44.6 Å². The van der Waals surface area contributed by atoms with Crippen molar-refractivity contribution >= 4 is 34.2 Å². The summed E-state index contributed by atoms with van der Waals surface area (Å²) in [6.07, 6.45) is 8.24. The molecule has 57 heavy (non-hydrogen) atoms. The molecule has 12 nitrogen and oxygen atoms in total. The summed E-state index contributed by atoms with van der Waals surface area (Å²) in [4.78, 5) is 42.1. The number of urea groups is 1. The van der Waals surface area contributed by atoms with Gasteiger partial charge in [-0.25, -0.2) is 14.8 Å². The number of hydrogen-bond acceptors (Lipinski definition) is 11. The smallest absolute Gasteiger partial charge is 0.327 e. The molecular formula is C44H55N5O7S. The molecule has 2 aromatic heterocycles. The molecule has 8 rings (SSSR count). The summed E-state index contributed by atoms with van der Waals surface area (Å²) in [5, 5.41) is 7.30. The van der Waals surface area contributed by atoms with E-state index in [0.717, 1.165) is 64.3 Å². The molecule has 3 aliphatic heterocycles. The lowest BCUT2D eigenvalue weighted by molar-refractivity contribution is -0.147. The molecule has 1 N–H and O–H groups in total. The molecule has 0 bridgehead atoms. The maximum absolute atomic E-state index is 14.9. The Bertz CT molecular complexity index is 2110. The predicted octanol–water partition coefficient (Wildman–Crippen LogP) is 7.96. The first-order chi connectivity index (χ1) is 27.7. The first-order valence-electron chi connectivity index (χ1n) is 20.3. The predicted molar refractivity (Wildman–Crippen MR) is 221 cm³/mol. The van der Waals surface area contributed by atoms with E-state index in [0.29, 0.717) is 56.5 Å². The molecule has 3 fully saturated rings. The zero-order valence-corrected chi connectivity index (χ0v) is 34.3. The van der Waals surface area contributed by atoms with Crippen molar-refractivity contribution in [2.45, 2.75) is 102 Å². The first-order valence-corrected chi connectivity index (χ1v) is 21.1. The van der Waals surface area contributed by atoms with Crippen LogP contribution < -0.4 is 19.5 Å². The zero-order chi connectivity index (χ0) is 39.7. The van der Waals surface area contributed by atoms with Crippen molar-refractivity contribution in [1.82, 2.24) is 25.1 Å². The molecule has 2 unspecified atom stereocenters. The van der Waals surface area contributed by atoms with E-state index in [2.05, 4.69) is 36.7 Å². The second kappa shape index (κ2) is 16.6. The van der Waals surface area contributed by atoms with Crippen LogP contribution in [-0.4, -0.2) is 95.7 Å². The molecule has 5 heterocycles. The standard InChI is InChI=1S/C44H53N5O7S.H2/c1-6-54-42(50)44-23-29(44)12-10-8-7-9-11-19-48(24-28-13-15-30(52-4)16-14-28)43(51)49-25-32(21-37(49)39-40(47-44)56-39)55-38-22-35(41-46-36(26-57-41)27(2)3)45-34-20-31(53-5)17-18-33(34)38;/h10,12-18,20,22,26-27,29,32,37,39-40,47H,6-9,11,19,21,23-25H2,1-5H3;1H/b12-10-;/t29-,32-,37+,39?,40?,44-;/m1./s1. The van der Waals surface area contributed by atoms with Crippen molar-refractivity contribution in [3.05, 3.63) is 77.3 Å². The van der Waals surface area contributed by atoms with Gasteiger partial charge in [-0.2, -0.15) is 0 Å². The molecule has 1 saturated carbocycles. The summed E-state index contributed by atoms with van der Waals surface area (Å²) >= 11 is 1.57. The number of methoxy groups -OCH3 is 2. The quantitative estimate of drug-likeness (QED) is 0.0960. The fourth-order valence-corrected chi connectivity index (χ4v) is 9.15. The number of carbonyl (C=O) groups is 2. The Labute approximate surface area is 340 Å². The third kappa shape index (κ3) is 8.33. The topological polar surface area (TPSA) is 128 Å². The van der Waals surface area contributed by atoms with Crippen molar-refractivity contribution < 1.29 is 34.7 Å². The highest BCUT2D eigenvalue weighted by Gasteiger charge is 2.65. The summed E-state index contributed by atoms with van der Waals surface area (Å²) in [6, 6.07) is 15.3. The van der Waals surface area contributed by atoms with Gasteiger partial charge in [0.25, 0.3) is 0 Å². The Balaban J connectivity index is 0.00000512. The zero-order valence-electron chi connectivity index (χ0n) is 33.4. The van der Waals surface area contributed by atoms with Gasteiger partial charge in [-0.15, -0.1) is 11.3 Å². The Hall–Kier alpha value is -4.72. The minimum absolute atomic E-state index is 0. The SMILES string of the molecule is CCOC(=O)[C@@]12C[C@H]1/C=C\CCCCCN(Cc1ccc(OC)cc1)C(=O)N1C[C@H](Oc3cc(-c4nc(C(C)C)cs4)nc4cc(OC)ccc34)C[C@H]1C1OC1N2.[HH]. The van der Waals surface area contributed by atoms with Crippen molar-refractivity contribution in [3.8, 4) is 28.0 Å². The van der Waals surface area contributed by atoms with Crippen LogP contribution >= 0.6 is 11.3 Å². The molecule has 13 heteroatoms. The number of rotatable bonds is 10. The summed E-state index contributed by atoms with van der Waals surface area (Å²) in [5.74, 6) is 2.22. The number of nitrogens with one attached hydrogen (secondary N) is 1. The van der Waals surface area contributed by atoms with E-state index >= 15 is 0 Å². The fourth-order valence-electron chi connectivity index (χ4n) is 8.21. The molecule has 2 amide bonds. The second-order valence-electron chi connectivity index (χ2n) is 15.8. The number of thiazole rings is 1. The lowest BCUT2D eigenvalue weighted by atomic mass is 10.1. The molecule has 0 spiro atoms. The van der Waals surface area contributed by atoms with Crippen LogP contribution in [0.4, 0.5) is 4.79 Å². The number of esters is 1. The third-order valence-electron chi connectivity index (χ3n) is 11.6. The largest absolute Gasteiger partial charge is 0.497 e. The maximum Gasteiger partial charge on any atom is 0.327 e. The highest BCUT2D eigenvalue weighted by Crippen LogP contribution is 2.49. The van der Waals surface area contributed by atoms with Gasteiger partial charge in [0.15, 0.2) is 0 Å². The molecule has 0 radical (unpaired) electrons. The Morgan fingerprint density at radius 2 is 1.88 bits per heavy atom. The number of hydrogen-bond donors (Lipinski definition) is 1. The molecule has 6 atom stereocenters. The van der Waals surface area contributed by atoms with Crippen LogP contribution in [0.1, 0.15) is 77.9 Å². The van der Waals surface area contributed by atoms with Gasteiger partial charge < -0.3 is 33.5 Å². The second-order valence-corrected chi connectivity index (χ2v) is 16.7. The average molecular weight is 798 g/mol. The number of benzene rings is 2.